The Morgan fingerprint density at radius 3 is 2.43 bits per heavy atom. The molecule has 2 heterocycles. The number of hydrogen-bond acceptors (Lipinski definition) is 4. The average Bonchev–Trinajstić information content (AvgIpc) is 3.23. The first-order valence-corrected chi connectivity index (χ1v) is 9.04. The monoisotopic (exact) mass is 323 g/mol. The molecule has 130 valence electrons. The summed E-state index contributed by atoms with van der Waals surface area (Å²) in [6.07, 6.45) is 7.02. The van der Waals surface area contributed by atoms with E-state index in [0.717, 1.165) is 45.1 Å². The van der Waals surface area contributed by atoms with E-state index >= 15 is 0 Å². The van der Waals surface area contributed by atoms with E-state index in [2.05, 4.69) is 10.2 Å². The molecule has 3 rings (SSSR count). The first kappa shape index (κ1) is 16.7. The van der Waals surface area contributed by atoms with Crippen molar-refractivity contribution in [1.82, 2.24) is 15.1 Å². The molecule has 0 aromatic heterocycles. The minimum Gasteiger partial charge on any atom is -0.391 e. The fraction of sp³-hybridized carbons (Fsp3) is 0.882. The van der Waals surface area contributed by atoms with Gasteiger partial charge in [-0.25, -0.2) is 0 Å². The molecule has 0 radical (unpaired) electrons. The summed E-state index contributed by atoms with van der Waals surface area (Å²) in [5, 5.41) is 12.6. The van der Waals surface area contributed by atoms with Gasteiger partial charge in [-0.05, 0) is 32.1 Å². The van der Waals surface area contributed by atoms with Crippen LogP contribution in [0.2, 0.25) is 0 Å². The van der Waals surface area contributed by atoms with Gasteiger partial charge in [-0.3, -0.25) is 14.5 Å². The van der Waals surface area contributed by atoms with E-state index in [9.17, 15) is 14.7 Å². The Kier molecular flexibility index (Phi) is 4.92. The number of nitrogens with zero attached hydrogens (tertiary/aromatic N) is 2. The van der Waals surface area contributed by atoms with Gasteiger partial charge in [-0.15, -0.1) is 0 Å². The van der Waals surface area contributed by atoms with Crippen molar-refractivity contribution in [3.8, 4) is 0 Å². The summed E-state index contributed by atoms with van der Waals surface area (Å²) in [6, 6.07) is -0.198. The molecular weight excluding hydrogens is 294 g/mol. The molecule has 1 aliphatic carbocycles. The molecule has 2 N–H and O–H groups in total. The lowest BCUT2D eigenvalue weighted by Gasteiger charge is -2.45. The Bertz CT molecular complexity index is 462. The zero-order chi connectivity index (χ0) is 16.4. The molecule has 0 aromatic rings. The first-order valence-electron chi connectivity index (χ1n) is 9.04. The van der Waals surface area contributed by atoms with Gasteiger partial charge in [-0.2, -0.15) is 0 Å². The van der Waals surface area contributed by atoms with E-state index in [4.69, 9.17) is 0 Å². The largest absolute Gasteiger partial charge is 0.391 e. The molecule has 2 atom stereocenters. The molecule has 1 saturated carbocycles. The van der Waals surface area contributed by atoms with E-state index in [1.54, 1.807) is 11.9 Å². The van der Waals surface area contributed by atoms with Crippen LogP contribution in [0.5, 0.6) is 0 Å². The van der Waals surface area contributed by atoms with E-state index in [1.165, 1.54) is 6.42 Å². The van der Waals surface area contributed by atoms with E-state index in [1.807, 2.05) is 0 Å². The Morgan fingerprint density at radius 1 is 1.09 bits per heavy atom. The highest BCUT2D eigenvalue weighted by atomic mass is 16.3. The summed E-state index contributed by atoms with van der Waals surface area (Å²) in [7, 11) is 1.70. The summed E-state index contributed by atoms with van der Waals surface area (Å²) in [5.41, 5.74) is -0.512. The number of amides is 2. The van der Waals surface area contributed by atoms with E-state index in [-0.39, 0.29) is 17.9 Å². The number of carbonyl (C=O) groups is 2. The molecule has 0 aromatic carbocycles. The summed E-state index contributed by atoms with van der Waals surface area (Å²) in [5.74, 6) is 0.172. The molecule has 23 heavy (non-hydrogen) atoms. The topological polar surface area (TPSA) is 72.9 Å². The van der Waals surface area contributed by atoms with Crippen LogP contribution in [0.4, 0.5) is 0 Å². The Balaban J connectivity index is 1.81. The molecule has 3 aliphatic rings. The minimum absolute atomic E-state index is 0.0679. The number of aliphatic hydroxyl groups excluding tert-OH is 1. The predicted octanol–water partition coefficient (Wildman–Crippen LogP) is 0.493. The van der Waals surface area contributed by atoms with Crippen molar-refractivity contribution in [3.05, 3.63) is 0 Å². The van der Waals surface area contributed by atoms with Crippen molar-refractivity contribution in [2.75, 3.05) is 26.7 Å². The van der Waals surface area contributed by atoms with E-state index in [0.29, 0.717) is 19.5 Å². The van der Waals surface area contributed by atoms with Crippen LogP contribution in [0.1, 0.15) is 51.4 Å². The maximum atomic E-state index is 12.9. The lowest BCUT2D eigenvalue weighted by atomic mass is 9.79. The molecular formula is C17H29N3O3. The Morgan fingerprint density at radius 2 is 1.83 bits per heavy atom. The van der Waals surface area contributed by atoms with Gasteiger partial charge >= 0.3 is 0 Å². The maximum absolute atomic E-state index is 12.9. The van der Waals surface area contributed by atoms with Gasteiger partial charge in [-0.1, -0.05) is 19.3 Å². The zero-order valence-electron chi connectivity index (χ0n) is 14.1. The van der Waals surface area contributed by atoms with Crippen molar-refractivity contribution in [1.29, 1.82) is 0 Å². The summed E-state index contributed by atoms with van der Waals surface area (Å²) < 4.78 is 0. The Labute approximate surface area is 138 Å². The van der Waals surface area contributed by atoms with Gasteiger partial charge in [0, 0.05) is 26.7 Å². The standard InChI is InChI=1S/C17H29N3O3/c1-18-16(23)17(8-3-2-4-9-17)20-10-5-6-14(20)15(22)19-11-7-13(21)12-19/h13-14,21H,2-12H2,1H3,(H,18,23). The molecule has 2 aliphatic heterocycles. The van der Waals surface area contributed by atoms with Crippen LogP contribution < -0.4 is 5.32 Å². The van der Waals surface area contributed by atoms with Gasteiger partial charge in [0.1, 0.15) is 5.54 Å². The van der Waals surface area contributed by atoms with Crippen LogP contribution in [0, 0.1) is 0 Å². The number of nitrogens with one attached hydrogen (secondary N) is 1. The Hall–Kier alpha value is -1.14. The van der Waals surface area contributed by atoms with Gasteiger partial charge in [0.15, 0.2) is 0 Å². The number of likely N-dealkylation sites (tertiary alicyclic amines) is 2. The van der Waals surface area contributed by atoms with Gasteiger partial charge < -0.3 is 15.3 Å². The van der Waals surface area contributed by atoms with Crippen LogP contribution >= 0.6 is 0 Å². The van der Waals surface area contributed by atoms with Crippen molar-refractivity contribution >= 4 is 11.8 Å². The second-order valence-electron chi connectivity index (χ2n) is 7.25. The highest BCUT2D eigenvalue weighted by molar-refractivity contribution is 5.88. The van der Waals surface area contributed by atoms with Crippen LogP contribution in [0.3, 0.4) is 0 Å². The quantitative estimate of drug-likeness (QED) is 0.793. The highest BCUT2D eigenvalue weighted by Crippen LogP contribution is 2.39. The van der Waals surface area contributed by atoms with Crippen molar-refractivity contribution in [2.24, 2.45) is 0 Å². The third kappa shape index (κ3) is 2.98. The molecule has 2 amide bonds. The normalized spacial score (nSPS) is 31.3. The molecule has 0 spiro atoms. The fourth-order valence-electron chi connectivity index (χ4n) is 4.70. The SMILES string of the molecule is CNC(=O)C1(N2CCCC2C(=O)N2CCC(O)C2)CCCCC1. The van der Waals surface area contributed by atoms with Crippen LogP contribution in [-0.4, -0.2) is 71.1 Å². The summed E-state index contributed by atoms with van der Waals surface area (Å²) in [4.78, 5) is 29.6. The second kappa shape index (κ2) is 6.77. The van der Waals surface area contributed by atoms with Gasteiger partial charge in [0.2, 0.25) is 11.8 Å². The van der Waals surface area contributed by atoms with Crippen LogP contribution in [-0.2, 0) is 9.59 Å². The van der Waals surface area contributed by atoms with E-state index < -0.39 is 11.6 Å². The molecule has 6 nitrogen and oxygen atoms in total. The molecule has 2 saturated heterocycles. The number of likely N-dealkylation sites (N-methyl/N-ethyl adjacent to an activating group) is 1. The lowest BCUT2D eigenvalue weighted by molar-refractivity contribution is -0.144. The zero-order valence-corrected chi connectivity index (χ0v) is 14.1. The number of hydrogen-bond donors (Lipinski definition) is 2. The lowest BCUT2D eigenvalue weighted by Crippen LogP contribution is -2.63. The molecule has 2 unspecified atom stereocenters. The van der Waals surface area contributed by atoms with Gasteiger partial charge in [0.25, 0.3) is 0 Å². The summed E-state index contributed by atoms with van der Waals surface area (Å²) >= 11 is 0. The number of carbonyl (C=O) groups excluding carboxylic acids is 2. The predicted molar refractivity (Wildman–Crippen MR) is 86.8 cm³/mol. The van der Waals surface area contributed by atoms with Crippen molar-refractivity contribution in [3.63, 3.8) is 0 Å². The third-order valence-corrected chi connectivity index (χ3v) is 5.89. The number of rotatable bonds is 3. The second-order valence-corrected chi connectivity index (χ2v) is 7.25. The third-order valence-electron chi connectivity index (χ3n) is 5.89. The minimum atomic E-state index is -0.512. The molecule has 6 heteroatoms. The molecule has 3 fully saturated rings. The number of β-amino-alcohol motifs (C(OH)–C–C–N with tert-alkyl or cyclic N) is 1. The first-order chi connectivity index (χ1) is 11.1. The van der Waals surface area contributed by atoms with Crippen LogP contribution in [0.15, 0.2) is 0 Å². The highest BCUT2D eigenvalue weighted by Gasteiger charge is 2.51. The van der Waals surface area contributed by atoms with Crippen molar-refractivity contribution in [2.45, 2.75) is 69.1 Å². The fourth-order valence-corrected chi connectivity index (χ4v) is 4.70. The maximum Gasteiger partial charge on any atom is 0.240 e. The number of aliphatic hydroxyl groups is 1. The molecule has 0 bridgehead atoms. The van der Waals surface area contributed by atoms with Gasteiger partial charge in [0.05, 0.1) is 12.1 Å². The summed E-state index contributed by atoms with van der Waals surface area (Å²) in [6.45, 7) is 1.90. The average molecular weight is 323 g/mol. The van der Waals surface area contributed by atoms with Crippen molar-refractivity contribution < 1.29 is 14.7 Å². The van der Waals surface area contributed by atoms with Crippen LogP contribution in [0.25, 0.3) is 0 Å². The smallest absolute Gasteiger partial charge is 0.240 e.